The number of nitrogens with zero attached hydrogens (tertiary/aromatic N) is 2. The Labute approximate surface area is 134 Å². The van der Waals surface area contributed by atoms with Crippen LogP contribution >= 0.6 is 11.3 Å². The second-order valence-electron chi connectivity index (χ2n) is 6.06. The van der Waals surface area contributed by atoms with Gasteiger partial charge in [0.15, 0.2) is 0 Å². The molecule has 2 aromatic rings. The van der Waals surface area contributed by atoms with Crippen molar-refractivity contribution in [1.29, 1.82) is 5.26 Å². The van der Waals surface area contributed by atoms with Crippen molar-refractivity contribution in [1.82, 2.24) is 4.98 Å². The number of hydrogen-bond donors (Lipinski definition) is 1. The number of fused-ring (bicyclic) bond motifs is 1. The fraction of sp³-hybridized carbons (Fsp3) is 0.222. The van der Waals surface area contributed by atoms with Gasteiger partial charge in [-0.25, -0.2) is 0 Å². The molecule has 0 bridgehead atoms. The predicted molar refractivity (Wildman–Crippen MR) is 92.3 cm³/mol. The third-order valence-corrected chi connectivity index (χ3v) is 5.23. The summed E-state index contributed by atoms with van der Waals surface area (Å²) in [4.78, 5) is 5.50. The van der Waals surface area contributed by atoms with Gasteiger partial charge in [0.25, 0.3) is 0 Å². The SMILES string of the molecule is CC1(C)CC(/C=C/c2ccccn2)=Cc2c1sc(N)c2C#N. The first-order valence-electron chi connectivity index (χ1n) is 7.14. The van der Waals surface area contributed by atoms with E-state index in [1.165, 1.54) is 21.8 Å². The highest BCUT2D eigenvalue weighted by molar-refractivity contribution is 7.16. The highest BCUT2D eigenvalue weighted by Gasteiger charge is 2.32. The number of anilines is 1. The zero-order valence-electron chi connectivity index (χ0n) is 12.6. The number of thiophene rings is 1. The van der Waals surface area contributed by atoms with Gasteiger partial charge < -0.3 is 5.73 Å². The lowest BCUT2D eigenvalue weighted by molar-refractivity contribution is 0.531. The lowest BCUT2D eigenvalue weighted by atomic mass is 9.77. The molecule has 0 aliphatic heterocycles. The van der Waals surface area contributed by atoms with Crippen molar-refractivity contribution < 1.29 is 0 Å². The van der Waals surface area contributed by atoms with Crippen LogP contribution in [-0.4, -0.2) is 4.98 Å². The van der Waals surface area contributed by atoms with Gasteiger partial charge in [-0.2, -0.15) is 5.26 Å². The maximum Gasteiger partial charge on any atom is 0.105 e. The number of aromatic nitrogens is 1. The molecule has 2 aromatic heterocycles. The normalized spacial score (nSPS) is 16.1. The molecule has 22 heavy (non-hydrogen) atoms. The Morgan fingerprint density at radius 2 is 2.18 bits per heavy atom. The van der Waals surface area contributed by atoms with Gasteiger partial charge >= 0.3 is 0 Å². The largest absolute Gasteiger partial charge is 0.389 e. The van der Waals surface area contributed by atoms with E-state index in [-0.39, 0.29) is 5.41 Å². The minimum atomic E-state index is -0.0121. The molecule has 0 atom stereocenters. The first-order chi connectivity index (χ1) is 10.5. The van der Waals surface area contributed by atoms with E-state index in [0.29, 0.717) is 10.6 Å². The Kier molecular flexibility index (Phi) is 3.59. The second-order valence-corrected chi connectivity index (χ2v) is 7.12. The third-order valence-electron chi connectivity index (χ3n) is 3.83. The summed E-state index contributed by atoms with van der Waals surface area (Å²) >= 11 is 1.54. The predicted octanol–water partition coefficient (Wildman–Crippen LogP) is 4.38. The molecule has 4 heteroatoms. The van der Waals surface area contributed by atoms with Gasteiger partial charge in [0, 0.05) is 22.1 Å². The summed E-state index contributed by atoms with van der Waals surface area (Å²) in [5.41, 5.74) is 9.71. The van der Waals surface area contributed by atoms with E-state index in [1.54, 1.807) is 6.20 Å². The molecule has 1 aliphatic rings. The Morgan fingerprint density at radius 3 is 2.86 bits per heavy atom. The van der Waals surface area contributed by atoms with Gasteiger partial charge in [-0.3, -0.25) is 4.98 Å². The summed E-state index contributed by atoms with van der Waals surface area (Å²) in [5.74, 6) is 0. The average Bonchev–Trinajstić information content (AvgIpc) is 2.82. The van der Waals surface area contributed by atoms with Crippen LogP contribution in [0.25, 0.3) is 12.2 Å². The average molecular weight is 307 g/mol. The topological polar surface area (TPSA) is 62.7 Å². The first kappa shape index (κ1) is 14.6. The van der Waals surface area contributed by atoms with Crippen molar-refractivity contribution >= 4 is 28.5 Å². The fourth-order valence-corrected chi connectivity index (χ4v) is 3.92. The summed E-state index contributed by atoms with van der Waals surface area (Å²) in [6.07, 6.45) is 8.89. The molecule has 0 amide bonds. The molecular weight excluding hydrogens is 290 g/mol. The zero-order valence-corrected chi connectivity index (χ0v) is 13.4. The van der Waals surface area contributed by atoms with Crippen LogP contribution in [0.4, 0.5) is 5.00 Å². The Morgan fingerprint density at radius 1 is 1.36 bits per heavy atom. The summed E-state index contributed by atoms with van der Waals surface area (Å²) in [6.45, 7) is 4.40. The van der Waals surface area contributed by atoms with Gasteiger partial charge in [-0.15, -0.1) is 11.3 Å². The molecule has 0 unspecified atom stereocenters. The van der Waals surface area contributed by atoms with E-state index < -0.39 is 0 Å². The van der Waals surface area contributed by atoms with Crippen LogP contribution in [0.1, 0.15) is 42.0 Å². The molecule has 0 spiro atoms. The van der Waals surface area contributed by atoms with Crippen LogP contribution in [0.2, 0.25) is 0 Å². The number of nitriles is 1. The summed E-state index contributed by atoms with van der Waals surface area (Å²) in [7, 11) is 0. The molecule has 3 nitrogen and oxygen atoms in total. The van der Waals surface area contributed by atoms with Gasteiger partial charge in [-0.05, 0) is 36.3 Å². The molecule has 0 saturated carbocycles. The Bertz CT molecular complexity index is 805. The Balaban J connectivity index is 2.02. The van der Waals surface area contributed by atoms with E-state index in [0.717, 1.165) is 17.7 Å². The summed E-state index contributed by atoms with van der Waals surface area (Å²) in [6, 6.07) is 8.08. The number of nitrogens with two attached hydrogens (primary N) is 1. The van der Waals surface area contributed by atoms with Crippen LogP contribution in [0.15, 0.2) is 36.0 Å². The quantitative estimate of drug-likeness (QED) is 0.895. The van der Waals surface area contributed by atoms with Crippen molar-refractivity contribution in [3.63, 3.8) is 0 Å². The van der Waals surface area contributed by atoms with Crippen molar-refractivity contribution in [3.05, 3.63) is 57.7 Å². The smallest absolute Gasteiger partial charge is 0.105 e. The van der Waals surface area contributed by atoms with Crippen LogP contribution in [0.3, 0.4) is 0 Å². The van der Waals surface area contributed by atoms with E-state index >= 15 is 0 Å². The molecule has 3 rings (SSSR count). The zero-order chi connectivity index (χ0) is 15.7. The maximum atomic E-state index is 9.35. The standard InChI is InChI=1S/C18H17N3S/c1-18(2)10-12(6-7-13-5-3-4-8-21-13)9-14-15(11-19)17(20)22-16(14)18/h3-9H,10,20H2,1-2H3/b7-6+. The van der Waals surface area contributed by atoms with E-state index in [1.807, 2.05) is 24.3 Å². The molecule has 2 heterocycles. The number of pyridine rings is 1. The second kappa shape index (κ2) is 5.43. The molecular formula is C18H17N3S. The summed E-state index contributed by atoms with van der Waals surface area (Å²) < 4.78 is 0. The van der Waals surface area contributed by atoms with Gasteiger partial charge in [0.1, 0.15) is 11.1 Å². The monoisotopic (exact) mass is 307 g/mol. The van der Waals surface area contributed by atoms with Crippen molar-refractivity contribution in [3.8, 4) is 6.07 Å². The summed E-state index contributed by atoms with van der Waals surface area (Å²) in [5, 5.41) is 9.96. The van der Waals surface area contributed by atoms with Gasteiger partial charge in [0.05, 0.1) is 11.3 Å². The molecule has 0 radical (unpaired) electrons. The molecule has 110 valence electrons. The fourth-order valence-electron chi connectivity index (χ4n) is 2.82. The minimum Gasteiger partial charge on any atom is -0.389 e. The molecule has 0 saturated heterocycles. The van der Waals surface area contributed by atoms with Crippen LogP contribution in [0, 0.1) is 11.3 Å². The highest BCUT2D eigenvalue weighted by Crippen LogP contribution is 2.46. The van der Waals surface area contributed by atoms with Crippen molar-refractivity contribution in [2.24, 2.45) is 0 Å². The maximum absolute atomic E-state index is 9.35. The lowest BCUT2D eigenvalue weighted by Crippen LogP contribution is -2.20. The number of hydrogen-bond acceptors (Lipinski definition) is 4. The van der Waals surface area contributed by atoms with Crippen LogP contribution in [-0.2, 0) is 5.41 Å². The molecule has 1 aliphatic carbocycles. The van der Waals surface area contributed by atoms with E-state index in [9.17, 15) is 5.26 Å². The van der Waals surface area contributed by atoms with Crippen LogP contribution < -0.4 is 5.73 Å². The van der Waals surface area contributed by atoms with Crippen molar-refractivity contribution in [2.75, 3.05) is 5.73 Å². The van der Waals surface area contributed by atoms with Crippen LogP contribution in [0.5, 0.6) is 0 Å². The third kappa shape index (κ3) is 2.56. The highest BCUT2D eigenvalue weighted by atomic mass is 32.1. The molecule has 0 aromatic carbocycles. The first-order valence-corrected chi connectivity index (χ1v) is 7.95. The van der Waals surface area contributed by atoms with E-state index in [4.69, 9.17) is 5.73 Å². The number of nitrogen functional groups attached to an aromatic ring is 1. The number of allylic oxidation sites excluding steroid dienone is 2. The molecule has 2 N–H and O–H groups in total. The molecule has 0 fully saturated rings. The number of rotatable bonds is 2. The Hall–Kier alpha value is -2.38. The lowest BCUT2D eigenvalue weighted by Gasteiger charge is -2.29. The van der Waals surface area contributed by atoms with Crippen molar-refractivity contribution in [2.45, 2.75) is 25.7 Å². The van der Waals surface area contributed by atoms with E-state index in [2.05, 4.69) is 37.1 Å². The van der Waals surface area contributed by atoms with Gasteiger partial charge in [-0.1, -0.05) is 26.0 Å². The van der Waals surface area contributed by atoms with Gasteiger partial charge in [0.2, 0.25) is 0 Å². The minimum absolute atomic E-state index is 0.0121.